The van der Waals surface area contributed by atoms with Gasteiger partial charge in [-0.3, -0.25) is 0 Å². The van der Waals surface area contributed by atoms with Crippen molar-refractivity contribution < 1.29 is 4.39 Å². The van der Waals surface area contributed by atoms with Crippen molar-refractivity contribution in [3.8, 4) is 5.69 Å². The molecular formula is C19H13Cl2FN2. The summed E-state index contributed by atoms with van der Waals surface area (Å²) < 4.78 is 14.9. The van der Waals surface area contributed by atoms with E-state index >= 15 is 0 Å². The highest BCUT2D eigenvalue weighted by molar-refractivity contribution is 6.35. The Morgan fingerprint density at radius 3 is 2.58 bits per heavy atom. The van der Waals surface area contributed by atoms with Crippen LogP contribution in [0.4, 0.5) is 4.39 Å². The lowest BCUT2D eigenvalue weighted by Gasteiger charge is -2.10. The Bertz CT molecular complexity index is 943. The van der Waals surface area contributed by atoms with Gasteiger partial charge in [-0.05, 0) is 65.9 Å². The Kier molecular flexibility index (Phi) is 3.91. The normalized spacial score (nSPS) is 15.0. The van der Waals surface area contributed by atoms with Crippen LogP contribution in [-0.4, -0.2) is 9.78 Å². The van der Waals surface area contributed by atoms with Crippen LogP contribution in [0.2, 0.25) is 10.0 Å². The highest BCUT2D eigenvalue weighted by Crippen LogP contribution is 2.36. The van der Waals surface area contributed by atoms with E-state index in [2.05, 4.69) is 11.2 Å². The van der Waals surface area contributed by atoms with Gasteiger partial charge in [0.15, 0.2) is 0 Å². The van der Waals surface area contributed by atoms with E-state index in [9.17, 15) is 4.39 Å². The summed E-state index contributed by atoms with van der Waals surface area (Å²) in [6, 6.07) is 11.9. The van der Waals surface area contributed by atoms with Crippen molar-refractivity contribution in [1.29, 1.82) is 0 Å². The lowest BCUT2D eigenvalue weighted by molar-refractivity contribution is 0.628. The molecule has 3 aromatic rings. The summed E-state index contributed by atoms with van der Waals surface area (Å²) in [7, 11) is 0. The molecule has 0 fully saturated rings. The van der Waals surface area contributed by atoms with E-state index in [-0.39, 0.29) is 5.82 Å². The maximum absolute atomic E-state index is 13.1. The molecule has 2 aromatic carbocycles. The standard InChI is InChI=1S/C19H13Cl2FN2/c20-15-5-8-18(17(21)10-15)24-19-13(3-4-14(19)11-23-24)9-12-1-6-16(22)7-2-12/h1-2,5-11H,3-4H2/b13-9+. The zero-order valence-electron chi connectivity index (χ0n) is 12.6. The molecule has 0 N–H and O–H groups in total. The number of hydrogen-bond acceptors (Lipinski definition) is 1. The molecule has 24 heavy (non-hydrogen) atoms. The van der Waals surface area contributed by atoms with Crippen molar-refractivity contribution in [2.75, 3.05) is 0 Å². The van der Waals surface area contributed by atoms with Crippen LogP contribution in [0.1, 0.15) is 23.2 Å². The van der Waals surface area contributed by atoms with Crippen LogP contribution < -0.4 is 0 Å². The molecular weight excluding hydrogens is 346 g/mol. The van der Waals surface area contributed by atoms with E-state index in [1.807, 2.05) is 16.9 Å². The van der Waals surface area contributed by atoms with Crippen LogP contribution in [0.5, 0.6) is 0 Å². The van der Waals surface area contributed by atoms with Crippen molar-refractivity contribution in [3.63, 3.8) is 0 Å². The van der Waals surface area contributed by atoms with Gasteiger partial charge in [0.25, 0.3) is 0 Å². The van der Waals surface area contributed by atoms with Gasteiger partial charge in [-0.25, -0.2) is 9.07 Å². The van der Waals surface area contributed by atoms with E-state index in [4.69, 9.17) is 23.2 Å². The van der Waals surface area contributed by atoms with Gasteiger partial charge in [-0.2, -0.15) is 5.10 Å². The minimum absolute atomic E-state index is 0.234. The van der Waals surface area contributed by atoms with Crippen molar-refractivity contribution in [1.82, 2.24) is 9.78 Å². The Hall–Kier alpha value is -2.10. The monoisotopic (exact) mass is 358 g/mol. The topological polar surface area (TPSA) is 17.8 Å². The number of hydrogen-bond donors (Lipinski definition) is 0. The molecule has 1 aromatic heterocycles. The molecule has 5 heteroatoms. The minimum Gasteiger partial charge on any atom is -0.232 e. The predicted octanol–water partition coefficient (Wildman–Crippen LogP) is 5.81. The molecule has 0 aliphatic heterocycles. The molecule has 0 spiro atoms. The largest absolute Gasteiger partial charge is 0.232 e. The van der Waals surface area contributed by atoms with Gasteiger partial charge in [-0.1, -0.05) is 35.3 Å². The maximum Gasteiger partial charge on any atom is 0.123 e. The van der Waals surface area contributed by atoms with Crippen LogP contribution in [0.3, 0.4) is 0 Å². The number of aromatic nitrogens is 2. The molecule has 0 radical (unpaired) electrons. The number of fused-ring (bicyclic) bond motifs is 1. The molecule has 0 unspecified atom stereocenters. The summed E-state index contributed by atoms with van der Waals surface area (Å²) in [6.07, 6.45) is 5.82. The molecule has 120 valence electrons. The molecule has 1 heterocycles. The number of nitrogens with zero attached hydrogens (tertiary/aromatic N) is 2. The molecule has 0 saturated carbocycles. The van der Waals surface area contributed by atoms with Crippen LogP contribution in [0, 0.1) is 5.82 Å². The molecule has 2 nitrogen and oxygen atoms in total. The third-order valence-corrected chi connectivity index (χ3v) is 4.70. The third kappa shape index (κ3) is 2.74. The van der Waals surface area contributed by atoms with Gasteiger partial charge in [0, 0.05) is 5.02 Å². The summed E-state index contributed by atoms with van der Waals surface area (Å²) in [6.45, 7) is 0. The molecule has 0 bridgehead atoms. The minimum atomic E-state index is -0.234. The highest BCUT2D eigenvalue weighted by atomic mass is 35.5. The van der Waals surface area contributed by atoms with Crippen LogP contribution >= 0.6 is 23.2 Å². The average molecular weight is 359 g/mol. The smallest absolute Gasteiger partial charge is 0.123 e. The number of halogens is 3. The zero-order valence-corrected chi connectivity index (χ0v) is 14.2. The van der Waals surface area contributed by atoms with Crippen LogP contribution in [0.25, 0.3) is 17.3 Å². The van der Waals surface area contributed by atoms with Crippen LogP contribution in [0.15, 0.2) is 48.7 Å². The molecule has 0 atom stereocenters. The fraction of sp³-hybridized carbons (Fsp3) is 0.105. The second-order valence-electron chi connectivity index (χ2n) is 5.75. The predicted molar refractivity (Wildman–Crippen MR) is 96.2 cm³/mol. The molecule has 4 rings (SSSR count). The lowest BCUT2D eigenvalue weighted by atomic mass is 10.1. The number of rotatable bonds is 2. The second kappa shape index (κ2) is 6.08. The Balaban J connectivity index is 1.81. The number of benzene rings is 2. The van der Waals surface area contributed by atoms with Gasteiger partial charge in [-0.15, -0.1) is 0 Å². The van der Waals surface area contributed by atoms with E-state index < -0.39 is 0 Å². The molecule has 1 aliphatic carbocycles. The van der Waals surface area contributed by atoms with Gasteiger partial charge in [0.2, 0.25) is 0 Å². The summed E-state index contributed by atoms with van der Waals surface area (Å²) in [5.41, 5.74) is 5.18. The van der Waals surface area contributed by atoms with E-state index in [1.165, 1.54) is 23.3 Å². The van der Waals surface area contributed by atoms with Crippen molar-refractivity contribution >= 4 is 34.9 Å². The average Bonchev–Trinajstić information content (AvgIpc) is 3.13. The Morgan fingerprint density at radius 2 is 1.83 bits per heavy atom. The maximum atomic E-state index is 13.1. The number of allylic oxidation sites excluding steroid dienone is 1. The van der Waals surface area contributed by atoms with Gasteiger partial charge in [0.05, 0.1) is 22.6 Å². The van der Waals surface area contributed by atoms with Crippen molar-refractivity contribution in [3.05, 3.63) is 81.3 Å². The van der Waals surface area contributed by atoms with E-state index in [0.717, 1.165) is 29.8 Å². The molecule has 0 amide bonds. The van der Waals surface area contributed by atoms with Gasteiger partial charge < -0.3 is 0 Å². The Morgan fingerprint density at radius 1 is 1.04 bits per heavy atom. The summed E-state index contributed by atoms with van der Waals surface area (Å²) in [4.78, 5) is 0. The summed E-state index contributed by atoms with van der Waals surface area (Å²) >= 11 is 12.3. The first kappa shape index (κ1) is 15.4. The summed E-state index contributed by atoms with van der Waals surface area (Å²) in [5.74, 6) is -0.234. The highest BCUT2D eigenvalue weighted by Gasteiger charge is 2.23. The summed E-state index contributed by atoms with van der Waals surface area (Å²) in [5, 5.41) is 5.64. The second-order valence-corrected chi connectivity index (χ2v) is 6.59. The first-order valence-corrected chi connectivity index (χ1v) is 8.36. The fourth-order valence-electron chi connectivity index (χ4n) is 3.03. The van der Waals surface area contributed by atoms with Gasteiger partial charge in [0.1, 0.15) is 5.82 Å². The van der Waals surface area contributed by atoms with Crippen LogP contribution in [-0.2, 0) is 6.42 Å². The van der Waals surface area contributed by atoms with E-state index in [0.29, 0.717) is 10.0 Å². The SMILES string of the molecule is Fc1ccc(/C=C2\CCc3cnn(-c4ccc(Cl)cc4Cl)c32)cc1. The first-order valence-electron chi connectivity index (χ1n) is 7.60. The van der Waals surface area contributed by atoms with Crippen molar-refractivity contribution in [2.24, 2.45) is 0 Å². The quantitative estimate of drug-likeness (QED) is 0.565. The molecule has 0 saturated heterocycles. The third-order valence-electron chi connectivity index (χ3n) is 4.16. The van der Waals surface area contributed by atoms with Crippen molar-refractivity contribution in [2.45, 2.75) is 12.8 Å². The molecule has 1 aliphatic rings. The first-order chi connectivity index (χ1) is 11.6. The fourth-order valence-corrected chi connectivity index (χ4v) is 3.52. The zero-order chi connectivity index (χ0) is 16.7. The number of aryl methyl sites for hydroxylation is 1. The van der Waals surface area contributed by atoms with E-state index in [1.54, 1.807) is 24.3 Å². The Labute approximate surface area is 149 Å². The van der Waals surface area contributed by atoms with Gasteiger partial charge >= 0.3 is 0 Å². The lowest BCUT2D eigenvalue weighted by Crippen LogP contribution is -2.01.